The zero-order valence-corrected chi connectivity index (χ0v) is 13.3. The van der Waals surface area contributed by atoms with Crippen LogP contribution >= 0.6 is 0 Å². The summed E-state index contributed by atoms with van der Waals surface area (Å²) in [6.45, 7) is 2.05. The molecule has 0 amide bonds. The number of hydrogen-bond donors (Lipinski definition) is 1. The molecule has 0 aliphatic heterocycles. The first-order valence-electron chi connectivity index (χ1n) is 7.22. The van der Waals surface area contributed by atoms with Crippen LogP contribution in [-0.4, -0.2) is 32.9 Å². The fourth-order valence-corrected chi connectivity index (χ4v) is 4.14. The van der Waals surface area contributed by atoms with Crippen molar-refractivity contribution in [3.8, 4) is 0 Å². The molecule has 1 saturated carbocycles. The van der Waals surface area contributed by atoms with Crippen LogP contribution in [0.4, 0.5) is 0 Å². The van der Waals surface area contributed by atoms with E-state index in [0.717, 1.165) is 31.2 Å². The van der Waals surface area contributed by atoms with Crippen molar-refractivity contribution in [2.45, 2.75) is 49.6 Å². The molecule has 0 spiro atoms. The Bertz CT molecular complexity index is 533. The van der Waals surface area contributed by atoms with Gasteiger partial charge in [0.15, 0.2) is 0 Å². The SMILES string of the molecule is CNC(C)c1ccc(S(=O)(=O)N(C)C2CCCC2)cc1. The van der Waals surface area contributed by atoms with E-state index in [9.17, 15) is 8.42 Å². The van der Waals surface area contributed by atoms with Crippen LogP contribution in [0.2, 0.25) is 0 Å². The zero-order chi connectivity index (χ0) is 14.8. The number of nitrogens with one attached hydrogen (secondary N) is 1. The van der Waals surface area contributed by atoms with Gasteiger partial charge in [0.05, 0.1) is 4.90 Å². The van der Waals surface area contributed by atoms with Crippen LogP contribution < -0.4 is 5.32 Å². The van der Waals surface area contributed by atoms with E-state index in [1.54, 1.807) is 23.5 Å². The molecule has 112 valence electrons. The molecule has 1 atom stereocenters. The molecule has 1 aliphatic carbocycles. The average molecular weight is 296 g/mol. The van der Waals surface area contributed by atoms with Crippen molar-refractivity contribution in [2.24, 2.45) is 0 Å². The van der Waals surface area contributed by atoms with E-state index >= 15 is 0 Å². The van der Waals surface area contributed by atoms with E-state index in [1.165, 1.54) is 0 Å². The quantitative estimate of drug-likeness (QED) is 0.908. The minimum atomic E-state index is -3.36. The van der Waals surface area contributed by atoms with E-state index < -0.39 is 10.0 Å². The first-order chi connectivity index (χ1) is 9.46. The van der Waals surface area contributed by atoms with E-state index in [0.29, 0.717) is 4.90 Å². The highest BCUT2D eigenvalue weighted by Gasteiger charge is 2.29. The summed E-state index contributed by atoms with van der Waals surface area (Å²) < 4.78 is 26.7. The van der Waals surface area contributed by atoms with Gasteiger partial charge in [0.1, 0.15) is 0 Å². The van der Waals surface area contributed by atoms with Gasteiger partial charge in [0, 0.05) is 19.1 Å². The smallest absolute Gasteiger partial charge is 0.243 e. The Labute approximate surface area is 122 Å². The fourth-order valence-electron chi connectivity index (χ4n) is 2.73. The summed E-state index contributed by atoms with van der Waals surface area (Å²) in [6, 6.07) is 7.58. The first kappa shape index (κ1) is 15.5. The van der Waals surface area contributed by atoms with Crippen LogP contribution in [0.5, 0.6) is 0 Å². The van der Waals surface area contributed by atoms with Gasteiger partial charge in [-0.25, -0.2) is 8.42 Å². The lowest BCUT2D eigenvalue weighted by molar-refractivity contribution is 0.373. The Balaban J connectivity index is 2.20. The van der Waals surface area contributed by atoms with Crippen LogP contribution in [0.1, 0.15) is 44.2 Å². The number of hydrogen-bond acceptors (Lipinski definition) is 3. The molecule has 0 radical (unpaired) electrons. The van der Waals surface area contributed by atoms with Crippen LogP contribution in [0.3, 0.4) is 0 Å². The van der Waals surface area contributed by atoms with Gasteiger partial charge in [-0.1, -0.05) is 25.0 Å². The van der Waals surface area contributed by atoms with Gasteiger partial charge in [-0.15, -0.1) is 0 Å². The van der Waals surface area contributed by atoms with Gasteiger partial charge in [-0.05, 0) is 44.5 Å². The van der Waals surface area contributed by atoms with Crippen molar-refractivity contribution < 1.29 is 8.42 Å². The third kappa shape index (κ3) is 3.05. The molecule has 4 nitrogen and oxygen atoms in total. The maximum absolute atomic E-state index is 12.6. The Morgan fingerprint density at radius 2 is 1.75 bits per heavy atom. The summed E-state index contributed by atoms with van der Waals surface area (Å²) >= 11 is 0. The van der Waals surface area contributed by atoms with Crippen LogP contribution in [0.15, 0.2) is 29.2 Å². The van der Waals surface area contributed by atoms with E-state index in [-0.39, 0.29) is 12.1 Å². The molecule has 2 rings (SSSR count). The second kappa shape index (κ2) is 6.24. The van der Waals surface area contributed by atoms with Crippen LogP contribution in [-0.2, 0) is 10.0 Å². The molecule has 0 bridgehead atoms. The largest absolute Gasteiger partial charge is 0.313 e. The molecule has 0 aromatic heterocycles. The molecule has 0 saturated heterocycles. The topological polar surface area (TPSA) is 49.4 Å². The first-order valence-corrected chi connectivity index (χ1v) is 8.66. The Kier molecular flexibility index (Phi) is 4.83. The molecular formula is C15H24N2O2S. The standard InChI is InChI=1S/C15H24N2O2S/c1-12(16-2)13-8-10-15(11-9-13)20(18,19)17(3)14-6-4-5-7-14/h8-12,14,16H,4-7H2,1-3H3. The summed E-state index contributed by atoms with van der Waals surface area (Å²) in [5.41, 5.74) is 1.09. The fraction of sp³-hybridized carbons (Fsp3) is 0.600. The van der Waals surface area contributed by atoms with Crippen LogP contribution in [0.25, 0.3) is 0 Å². The predicted octanol–water partition coefficient (Wildman–Crippen LogP) is 2.53. The van der Waals surface area contributed by atoms with E-state index in [2.05, 4.69) is 5.32 Å². The Morgan fingerprint density at radius 3 is 2.25 bits per heavy atom. The van der Waals surface area contributed by atoms with Crippen LogP contribution in [0, 0.1) is 0 Å². The lowest BCUT2D eigenvalue weighted by Crippen LogP contribution is -2.35. The highest BCUT2D eigenvalue weighted by Crippen LogP contribution is 2.27. The predicted molar refractivity (Wildman–Crippen MR) is 81.1 cm³/mol. The van der Waals surface area contributed by atoms with Gasteiger partial charge in [0.25, 0.3) is 0 Å². The molecule has 5 heteroatoms. The van der Waals surface area contributed by atoms with E-state index in [1.807, 2.05) is 26.1 Å². The summed E-state index contributed by atoms with van der Waals surface area (Å²) in [5.74, 6) is 0. The second-order valence-corrected chi connectivity index (χ2v) is 7.54. The maximum Gasteiger partial charge on any atom is 0.243 e. The Hall–Kier alpha value is -0.910. The van der Waals surface area contributed by atoms with Gasteiger partial charge < -0.3 is 5.32 Å². The number of nitrogens with zero attached hydrogens (tertiary/aromatic N) is 1. The van der Waals surface area contributed by atoms with Crippen molar-refractivity contribution in [3.05, 3.63) is 29.8 Å². The average Bonchev–Trinajstić information content (AvgIpc) is 2.99. The second-order valence-electron chi connectivity index (χ2n) is 5.54. The molecule has 1 aromatic carbocycles. The highest BCUT2D eigenvalue weighted by molar-refractivity contribution is 7.89. The number of sulfonamides is 1. The molecule has 1 N–H and O–H groups in total. The minimum Gasteiger partial charge on any atom is -0.313 e. The number of rotatable bonds is 5. The molecule has 1 aliphatic rings. The lowest BCUT2D eigenvalue weighted by atomic mass is 10.1. The summed E-state index contributed by atoms with van der Waals surface area (Å²) in [6.07, 6.45) is 4.21. The summed E-state index contributed by atoms with van der Waals surface area (Å²) in [4.78, 5) is 0.388. The normalized spacial score (nSPS) is 18.6. The zero-order valence-electron chi connectivity index (χ0n) is 12.5. The van der Waals surface area contributed by atoms with Gasteiger partial charge >= 0.3 is 0 Å². The van der Waals surface area contributed by atoms with Crippen molar-refractivity contribution in [3.63, 3.8) is 0 Å². The van der Waals surface area contributed by atoms with Gasteiger partial charge in [0.2, 0.25) is 10.0 Å². The molecule has 1 aromatic rings. The van der Waals surface area contributed by atoms with Crippen molar-refractivity contribution in [2.75, 3.05) is 14.1 Å². The van der Waals surface area contributed by atoms with Crippen molar-refractivity contribution >= 4 is 10.0 Å². The monoisotopic (exact) mass is 296 g/mol. The van der Waals surface area contributed by atoms with Gasteiger partial charge in [-0.2, -0.15) is 4.31 Å². The Morgan fingerprint density at radius 1 is 1.20 bits per heavy atom. The van der Waals surface area contributed by atoms with Gasteiger partial charge in [-0.3, -0.25) is 0 Å². The van der Waals surface area contributed by atoms with Crippen molar-refractivity contribution in [1.29, 1.82) is 0 Å². The highest BCUT2D eigenvalue weighted by atomic mass is 32.2. The maximum atomic E-state index is 12.6. The molecule has 20 heavy (non-hydrogen) atoms. The lowest BCUT2D eigenvalue weighted by Gasteiger charge is -2.23. The number of benzene rings is 1. The summed E-state index contributed by atoms with van der Waals surface area (Å²) in [7, 11) is 0.237. The third-order valence-electron chi connectivity index (χ3n) is 4.33. The molecule has 1 fully saturated rings. The molecular weight excluding hydrogens is 272 g/mol. The third-order valence-corrected chi connectivity index (χ3v) is 6.25. The molecule has 1 unspecified atom stereocenters. The van der Waals surface area contributed by atoms with E-state index in [4.69, 9.17) is 0 Å². The summed E-state index contributed by atoms with van der Waals surface area (Å²) in [5, 5.41) is 3.15. The minimum absolute atomic E-state index is 0.163. The molecule has 0 heterocycles. The van der Waals surface area contributed by atoms with Crippen molar-refractivity contribution in [1.82, 2.24) is 9.62 Å².